The highest BCUT2D eigenvalue weighted by atomic mass is 79.9. The number of nitrogens with one attached hydrogen (secondary N) is 1. The van der Waals surface area contributed by atoms with E-state index in [-0.39, 0.29) is 5.69 Å². The third kappa shape index (κ3) is 5.98. The van der Waals surface area contributed by atoms with Crippen LogP contribution < -0.4 is 5.32 Å². The summed E-state index contributed by atoms with van der Waals surface area (Å²) in [5, 5.41) is 30.9. The second kappa shape index (κ2) is 10.1. The van der Waals surface area contributed by atoms with E-state index in [1.165, 1.54) is 12.1 Å². The van der Waals surface area contributed by atoms with Gasteiger partial charge in [-0.15, -0.1) is 5.11 Å². The van der Waals surface area contributed by atoms with Crippen molar-refractivity contribution in [2.24, 2.45) is 10.2 Å². The van der Waals surface area contributed by atoms with Crippen LogP contribution in [0, 0.1) is 21.4 Å². The van der Waals surface area contributed by atoms with Crippen LogP contribution in [0.2, 0.25) is 0 Å². The van der Waals surface area contributed by atoms with Gasteiger partial charge in [-0.2, -0.15) is 10.4 Å². The minimum atomic E-state index is -0.468. The van der Waals surface area contributed by atoms with Crippen molar-refractivity contribution in [3.05, 3.63) is 61.0 Å². The first-order chi connectivity index (χ1) is 12.5. The topological polar surface area (TPSA) is 104 Å². The predicted octanol–water partition coefficient (Wildman–Crippen LogP) is 5.58. The van der Waals surface area contributed by atoms with E-state index in [9.17, 15) is 10.1 Å². The molecule has 0 bridgehead atoms. The Morgan fingerprint density at radius 2 is 1.77 bits per heavy atom. The Morgan fingerprint density at radius 3 is 2.35 bits per heavy atom. The van der Waals surface area contributed by atoms with Crippen LogP contribution in [0.1, 0.15) is 12.0 Å². The van der Waals surface area contributed by atoms with Gasteiger partial charge in [0.25, 0.3) is 5.69 Å². The molecule has 0 saturated heterocycles. The maximum atomic E-state index is 10.8. The van der Waals surface area contributed by atoms with E-state index in [4.69, 9.17) is 5.26 Å². The van der Waals surface area contributed by atoms with Crippen LogP contribution in [0.15, 0.2) is 55.6 Å². The van der Waals surface area contributed by atoms with Crippen LogP contribution in [0.4, 0.5) is 17.1 Å². The lowest BCUT2D eigenvalue weighted by molar-refractivity contribution is -0.385. The SMILES string of the molecule is N#CCCNCCc1ccc(N=Nc2c(Br)cc([N+](=O)[O-])cc2Br)cc1. The lowest BCUT2D eigenvalue weighted by Crippen LogP contribution is -2.17. The number of hydrogen-bond donors (Lipinski definition) is 1. The molecule has 0 radical (unpaired) electrons. The number of nitro groups is 1. The van der Waals surface area contributed by atoms with Crippen molar-refractivity contribution in [3.8, 4) is 6.07 Å². The second-order valence-corrected chi connectivity index (χ2v) is 7.00. The van der Waals surface area contributed by atoms with Crippen molar-refractivity contribution < 1.29 is 4.92 Å². The summed E-state index contributed by atoms with van der Waals surface area (Å²) in [4.78, 5) is 10.4. The number of hydrogen-bond acceptors (Lipinski definition) is 6. The zero-order chi connectivity index (χ0) is 18.9. The van der Waals surface area contributed by atoms with Gasteiger partial charge in [-0.3, -0.25) is 10.1 Å². The Balaban J connectivity index is 2.01. The normalized spacial score (nSPS) is 10.8. The van der Waals surface area contributed by atoms with Crippen molar-refractivity contribution in [2.45, 2.75) is 12.8 Å². The Bertz CT molecular complexity index is 824. The molecule has 9 heteroatoms. The third-order valence-corrected chi connectivity index (χ3v) is 4.63. The minimum absolute atomic E-state index is 0.0320. The standard InChI is InChI=1S/C17H15Br2N5O2/c18-15-10-14(24(25)26)11-16(19)17(15)23-22-13-4-2-12(3-5-13)6-9-21-8-1-7-20/h2-5,10-11,21H,1,6,8-9H2. The molecular weight excluding hydrogens is 466 g/mol. The van der Waals surface area contributed by atoms with Gasteiger partial charge >= 0.3 is 0 Å². The molecule has 0 aliphatic carbocycles. The van der Waals surface area contributed by atoms with Gasteiger partial charge < -0.3 is 5.32 Å². The predicted molar refractivity (Wildman–Crippen MR) is 106 cm³/mol. The molecule has 0 amide bonds. The first kappa shape index (κ1) is 20.2. The lowest BCUT2D eigenvalue weighted by Gasteiger charge is -2.03. The molecular formula is C17H15Br2N5O2. The fraction of sp³-hybridized carbons (Fsp3) is 0.235. The molecule has 0 saturated carbocycles. The zero-order valence-electron chi connectivity index (χ0n) is 13.7. The summed E-state index contributed by atoms with van der Waals surface area (Å²) < 4.78 is 0.977. The molecule has 1 N–H and O–H groups in total. The summed E-state index contributed by atoms with van der Waals surface area (Å²) in [7, 11) is 0. The Morgan fingerprint density at radius 1 is 1.12 bits per heavy atom. The monoisotopic (exact) mass is 479 g/mol. The highest BCUT2D eigenvalue weighted by Crippen LogP contribution is 2.38. The third-order valence-electron chi connectivity index (χ3n) is 3.42. The molecule has 2 aromatic rings. The minimum Gasteiger partial charge on any atom is -0.315 e. The molecule has 0 fully saturated rings. The van der Waals surface area contributed by atoms with Gasteiger partial charge in [-0.25, -0.2) is 0 Å². The van der Waals surface area contributed by atoms with E-state index in [1.807, 2.05) is 24.3 Å². The molecule has 2 rings (SSSR count). The van der Waals surface area contributed by atoms with E-state index >= 15 is 0 Å². The fourth-order valence-corrected chi connectivity index (χ4v) is 3.41. The average Bonchev–Trinajstić information content (AvgIpc) is 2.61. The van der Waals surface area contributed by atoms with Crippen molar-refractivity contribution >= 4 is 48.9 Å². The molecule has 0 unspecified atom stereocenters. The molecule has 0 spiro atoms. The molecule has 0 aliphatic heterocycles. The highest BCUT2D eigenvalue weighted by molar-refractivity contribution is 9.11. The van der Waals surface area contributed by atoms with Crippen molar-refractivity contribution in [2.75, 3.05) is 13.1 Å². The van der Waals surface area contributed by atoms with Crippen LogP contribution in [0.5, 0.6) is 0 Å². The maximum absolute atomic E-state index is 10.8. The Labute approximate surface area is 167 Å². The first-order valence-corrected chi connectivity index (χ1v) is 9.31. The van der Waals surface area contributed by atoms with E-state index in [0.29, 0.717) is 33.3 Å². The van der Waals surface area contributed by atoms with Crippen LogP contribution in [-0.2, 0) is 6.42 Å². The van der Waals surface area contributed by atoms with Gasteiger partial charge in [0.1, 0.15) is 5.69 Å². The first-order valence-electron chi connectivity index (χ1n) is 7.73. The number of azo groups is 1. The average molecular weight is 481 g/mol. The van der Waals surface area contributed by atoms with E-state index < -0.39 is 4.92 Å². The Kier molecular flexibility index (Phi) is 7.84. The molecule has 134 valence electrons. The number of nitriles is 1. The molecule has 0 heterocycles. The van der Waals surface area contributed by atoms with Crippen molar-refractivity contribution in [1.29, 1.82) is 5.26 Å². The summed E-state index contributed by atoms with van der Waals surface area (Å²) in [6.07, 6.45) is 1.37. The second-order valence-electron chi connectivity index (χ2n) is 5.29. The summed E-state index contributed by atoms with van der Waals surface area (Å²) in [6, 6.07) is 12.5. The Hall–Kier alpha value is -2.15. The highest BCUT2D eigenvalue weighted by Gasteiger charge is 2.13. The molecule has 2 aromatic carbocycles. The van der Waals surface area contributed by atoms with Crippen LogP contribution >= 0.6 is 31.9 Å². The fourth-order valence-electron chi connectivity index (χ4n) is 2.09. The van der Waals surface area contributed by atoms with Gasteiger partial charge in [-0.1, -0.05) is 12.1 Å². The van der Waals surface area contributed by atoms with Crippen molar-refractivity contribution in [3.63, 3.8) is 0 Å². The van der Waals surface area contributed by atoms with Crippen LogP contribution in [-0.4, -0.2) is 18.0 Å². The van der Waals surface area contributed by atoms with Gasteiger partial charge in [0.2, 0.25) is 0 Å². The van der Waals surface area contributed by atoms with Crippen molar-refractivity contribution in [1.82, 2.24) is 5.32 Å². The van der Waals surface area contributed by atoms with Gasteiger partial charge in [-0.05, 0) is 62.5 Å². The summed E-state index contributed by atoms with van der Waals surface area (Å²) in [5.74, 6) is 0. The zero-order valence-corrected chi connectivity index (χ0v) is 16.8. The number of benzene rings is 2. The summed E-state index contributed by atoms with van der Waals surface area (Å²) in [5.41, 5.74) is 2.30. The van der Waals surface area contributed by atoms with E-state index in [0.717, 1.165) is 18.5 Å². The number of nitrogens with zero attached hydrogens (tertiary/aromatic N) is 4. The molecule has 0 atom stereocenters. The number of halogens is 2. The van der Waals surface area contributed by atoms with E-state index in [1.54, 1.807) is 0 Å². The lowest BCUT2D eigenvalue weighted by atomic mass is 10.1. The summed E-state index contributed by atoms with van der Waals surface area (Å²) >= 11 is 6.56. The van der Waals surface area contributed by atoms with Gasteiger partial charge in [0.15, 0.2) is 0 Å². The van der Waals surface area contributed by atoms with Gasteiger partial charge in [0, 0.05) is 25.1 Å². The largest absolute Gasteiger partial charge is 0.315 e. The molecule has 0 aliphatic rings. The molecule has 7 nitrogen and oxygen atoms in total. The molecule has 0 aromatic heterocycles. The number of non-ortho nitro benzene ring substituents is 1. The summed E-state index contributed by atoms with van der Waals surface area (Å²) in [6.45, 7) is 1.51. The van der Waals surface area contributed by atoms with E-state index in [2.05, 4.69) is 53.5 Å². The van der Waals surface area contributed by atoms with Crippen LogP contribution in [0.3, 0.4) is 0 Å². The smallest absolute Gasteiger partial charge is 0.271 e. The maximum Gasteiger partial charge on any atom is 0.271 e. The number of nitro benzene ring substituents is 1. The quantitative estimate of drug-likeness (QED) is 0.230. The van der Waals surface area contributed by atoms with Gasteiger partial charge in [0.05, 0.1) is 25.6 Å². The number of rotatable bonds is 8. The van der Waals surface area contributed by atoms with Crippen LogP contribution in [0.25, 0.3) is 0 Å². The molecule has 26 heavy (non-hydrogen) atoms.